The Morgan fingerprint density at radius 2 is 1.95 bits per heavy atom. The lowest BCUT2D eigenvalue weighted by molar-refractivity contribution is -0.129. The van der Waals surface area contributed by atoms with Gasteiger partial charge in [0.1, 0.15) is 0 Å². The van der Waals surface area contributed by atoms with Crippen LogP contribution in [0, 0.1) is 5.41 Å². The first-order valence-electron chi connectivity index (χ1n) is 6.69. The zero-order chi connectivity index (χ0) is 14.5. The van der Waals surface area contributed by atoms with E-state index < -0.39 is 5.41 Å². The van der Waals surface area contributed by atoms with Gasteiger partial charge in [0, 0.05) is 25.0 Å². The van der Waals surface area contributed by atoms with Gasteiger partial charge in [0.15, 0.2) is 0 Å². The second-order valence-corrected chi connectivity index (χ2v) is 5.72. The van der Waals surface area contributed by atoms with Crippen LogP contribution in [-0.4, -0.2) is 48.5 Å². The Balaban J connectivity index is 2.38. The largest absolute Gasteiger partial charge is 0.450 e. The van der Waals surface area contributed by atoms with Gasteiger partial charge in [-0.05, 0) is 33.6 Å². The molecular formula is C13H23ClN2O3. The fourth-order valence-corrected chi connectivity index (χ4v) is 1.98. The first-order chi connectivity index (χ1) is 8.90. The molecule has 0 bridgehead atoms. The third-order valence-corrected chi connectivity index (χ3v) is 3.97. The fourth-order valence-electron chi connectivity index (χ4n) is 1.86. The number of nitrogens with zero attached hydrogens (tertiary/aromatic N) is 1. The summed E-state index contributed by atoms with van der Waals surface area (Å²) in [5.41, 5.74) is -0.556. The van der Waals surface area contributed by atoms with E-state index in [2.05, 4.69) is 5.32 Å². The number of halogens is 1. The fraction of sp³-hybridized carbons (Fsp3) is 0.846. The third kappa shape index (κ3) is 4.56. The summed E-state index contributed by atoms with van der Waals surface area (Å²) in [5, 5.41) is 3.00. The van der Waals surface area contributed by atoms with Crippen molar-refractivity contribution in [1.29, 1.82) is 0 Å². The molecule has 0 aromatic rings. The van der Waals surface area contributed by atoms with Gasteiger partial charge in [0.05, 0.1) is 12.0 Å². The highest BCUT2D eigenvalue weighted by Gasteiger charge is 2.30. The van der Waals surface area contributed by atoms with E-state index in [1.165, 1.54) is 0 Å². The number of rotatable bonds is 4. The molecule has 1 aliphatic heterocycles. The lowest BCUT2D eigenvalue weighted by Gasteiger charge is -2.33. The minimum atomic E-state index is -0.556. The van der Waals surface area contributed by atoms with Crippen LogP contribution in [0.15, 0.2) is 0 Å². The molecular weight excluding hydrogens is 268 g/mol. The van der Waals surface area contributed by atoms with Gasteiger partial charge in [-0.2, -0.15) is 0 Å². The maximum absolute atomic E-state index is 12.0. The van der Waals surface area contributed by atoms with E-state index >= 15 is 0 Å². The summed E-state index contributed by atoms with van der Waals surface area (Å²) in [6.07, 6.45) is 1.24. The lowest BCUT2D eigenvalue weighted by Crippen LogP contribution is -2.49. The van der Waals surface area contributed by atoms with Crippen molar-refractivity contribution in [3.63, 3.8) is 0 Å². The number of amides is 2. The molecule has 1 rings (SSSR count). The average molecular weight is 291 g/mol. The number of carbonyl (C=O) groups excluding carboxylic acids is 2. The molecule has 1 heterocycles. The van der Waals surface area contributed by atoms with E-state index in [1.807, 2.05) is 13.8 Å². The van der Waals surface area contributed by atoms with E-state index in [9.17, 15) is 9.59 Å². The summed E-state index contributed by atoms with van der Waals surface area (Å²) in [5.74, 6) is 0.262. The van der Waals surface area contributed by atoms with Gasteiger partial charge in [-0.1, -0.05) is 0 Å². The molecule has 0 aliphatic carbocycles. The Hall–Kier alpha value is -0.970. The SMILES string of the molecule is CCOC(=O)N1CCC(NC(=O)C(C)(C)CCl)CC1. The predicted molar refractivity (Wildman–Crippen MR) is 74.3 cm³/mol. The van der Waals surface area contributed by atoms with Gasteiger partial charge in [-0.3, -0.25) is 4.79 Å². The third-order valence-electron chi connectivity index (χ3n) is 3.30. The highest BCUT2D eigenvalue weighted by atomic mass is 35.5. The number of piperidine rings is 1. The van der Waals surface area contributed by atoms with Crippen molar-refractivity contribution in [2.24, 2.45) is 5.41 Å². The second-order valence-electron chi connectivity index (χ2n) is 5.45. The van der Waals surface area contributed by atoms with Crippen LogP contribution in [0.2, 0.25) is 0 Å². The lowest BCUT2D eigenvalue weighted by atomic mass is 9.94. The Bertz CT molecular complexity index is 326. The van der Waals surface area contributed by atoms with Crippen LogP contribution in [-0.2, 0) is 9.53 Å². The van der Waals surface area contributed by atoms with Crippen molar-refractivity contribution in [2.45, 2.75) is 39.7 Å². The van der Waals surface area contributed by atoms with Gasteiger partial charge >= 0.3 is 6.09 Å². The van der Waals surface area contributed by atoms with Crippen LogP contribution in [0.25, 0.3) is 0 Å². The van der Waals surface area contributed by atoms with E-state index in [0.717, 1.165) is 12.8 Å². The number of alkyl halides is 1. The molecule has 1 N–H and O–H groups in total. The highest BCUT2D eigenvalue weighted by molar-refractivity contribution is 6.19. The van der Waals surface area contributed by atoms with Crippen LogP contribution in [0.5, 0.6) is 0 Å². The maximum Gasteiger partial charge on any atom is 0.409 e. The Morgan fingerprint density at radius 3 is 2.42 bits per heavy atom. The number of hydrogen-bond donors (Lipinski definition) is 1. The molecule has 6 heteroatoms. The number of ether oxygens (including phenoxy) is 1. The summed E-state index contributed by atoms with van der Waals surface area (Å²) < 4.78 is 4.95. The quantitative estimate of drug-likeness (QED) is 0.806. The van der Waals surface area contributed by atoms with Crippen LogP contribution in [0.3, 0.4) is 0 Å². The van der Waals surface area contributed by atoms with E-state index in [1.54, 1.807) is 11.8 Å². The summed E-state index contributed by atoms with van der Waals surface area (Å²) >= 11 is 5.77. The van der Waals surface area contributed by atoms with E-state index in [-0.39, 0.29) is 18.0 Å². The van der Waals surface area contributed by atoms with Crippen molar-refractivity contribution in [3.05, 3.63) is 0 Å². The molecule has 1 aliphatic rings. The van der Waals surface area contributed by atoms with Crippen molar-refractivity contribution >= 4 is 23.6 Å². The van der Waals surface area contributed by atoms with E-state index in [4.69, 9.17) is 16.3 Å². The normalized spacial score (nSPS) is 17.2. The van der Waals surface area contributed by atoms with Gasteiger partial charge in [-0.25, -0.2) is 4.79 Å². The molecule has 2 amide bonds. The molecule has 110 valence electrons. The average Bonchev–Trinajstić information content (AvgIpc) is 2.39. The second kappa shape index (κ2) is 6.98. The van der Waals surface area contributed by atoms with Crippen LogP contribution >= 0.6 is 11.6 Å². The maximum atomic E-state index is 12.0. The molecule has 1 saturated heterocycles. The van der Waals surface area contributed by atoms with Crippen LogP contribution < -0.4 is 5.32 Å². The minimum absolute atomic E-state index is 0.0305. The Labute approximate surface area is 119 Å². The zero-order valence-electron chi connectivity index (χ0n) is 11.9. The van der Waals surface area contributed by atoms with Crippen LogP contribution in [0.4, 0.5) is 4.79 Å². The summed E-state index contributed by atoms with van der Waals surface area (Å²) in [6.45, 7) is 7.06. The van der Waals surface area contributed by atoms with Gasteiger partial charge < -0.3 is 15.0 Å². The standard InChI is InChI=1S/C13H23ClN2O3/c1-4-19-12(18)16-7-5-10(6-8-16)15-11(17)13(2,3)9-14/h10H,4-9H2,1-3H3,(H,15,17). The highest BCUT2D eigenvalue weighted by Crippen LogP contribution is 2.19. The summed E-state index contributed by atoms with van der Waals surface area (Å²) in [4.78, 5) is 25.2. The molecule has 1 fully saturated rings. The van der Waals surface area contributed by atoms with Crippen LogP contribution in [0.1, 0.15) is 33.6 Å². The first-order valence-corrected chi connectivity index (χ1v) is 7.22. The molecule has 0 atom stereocenters. The topological polar surface area (TPSA) is 58.6 Å². The minimum Gasteiger partial charge on any atom is -0.450 e. The number of likely N-dealkylation sites (tertiary alicyclic amines) is 1. The number of nitrogens with one attached hydrogen (secondary N) is 1. The van der Waals surface area contributed by atoms with Crippen molar-refractivity contribution in [1.82, 2.24) is 10.2 Å². The van der Waals surface area contributed by atoms with E-state index in [0.29, 0.717) is 25.6 Å². The summed E-state index contributed by atoms with van der Waals surface area (Å²) in [7, 11) is 0. The molecule has 19 heavy (non-hydrogen) atoms. The number of hydrogen-bond acceptors (Lipinski definition) is 3. The molecule has 0 saturated carbocycles. The van der Waals surface area contributed by atoms with Crippen molar-refractivity contribution < 1.29 is 14.3 Å². The predicted octanol–water partition coefficient (Wildman–Crippen LogP) is 1.99. The molecule has 0 spiro atoms. The Morgan fingerprint density at radius 1 is 1.37 bits per heavy atom. The smallest absolute Gasteiger partial charge is 0.409 e. The zero-order valence-corrected chi connectivity index (χ0v) is 12.6. The molecule has 5 nitrogen and oxygen atoms in total. The molecule has 0 unspecified atom stereocenters. The van der Waals surface area contributed by atoms with Gasteiger partial charge in [0.2, 0.25) is 5.91 Å². The molecule has 0 aromatic heterocycles. The van der Waals surface area contributed by atoms with Gasteiger partial charge in [-0.15, -0.1) is 11.6 Å². The summed E-state index contributed by atoms with van der Waals surface area (Å²) in [6, 6.07) is 0.112. The molecule has 0 radical (unpaired) electrons. The molecule has 0 aromatic carbocycles. The first kappa shape index (κ1) is 16.1. The van der Waals surface area contributed by atoms with Crippen molar-refractivity contribution in [2.75, 3.05) is 25.6 Å². The van der Waals surface area contributed by atoms with Crippen molar-refractivity contribution in [3.8, 4) is 0 Å². The van der Waals surface area contributed by atoms with Gasteiger partial charge in [0.25, 0.3) is 0 Å². The number of carbonyl (C=O) groups is 2. The Kier molecular flexibility index (Phi) is 5.91. The monoisotopic (exact) mass is 290 g/mol.